The molecule has 0 heterocycles. The van der Waals surface area contributed by atoms with E-state index < -0.39 is 6.10 Å². The van der Waals surface area contributed by atoms with Crippen LogP contribution in [0.5, 0.6) is 0 Å². The fraction of sp³-hybridized carbons (Fsp3) is 0.538. The second-order valence-corrected chi connectivity index (χ2v) is 10.2. The van der Waals surface area contributed by atoms with E-state index in [1.165, 1.54) is 34.5 Å². The number of thioether (sulfide) groups is 1. The largest absolute Gasteiger partial charge is 0.512 e. The van der Waals surface area contributed by atoms with Gasteiger partial charge in [-0.1, -0.05) is 44.6 Å². The van der Waals surface area contributed by atoms with E-state index in [2.05, 4.69) is 33.8 Å². The summed E-state index contributed by atoms with van der Waals surface area (Å²) in [6.45, 7) is 8.78. The molecule has 4 heteroatoms. The molecule has 3 rings (SSSR count). The first-order valence-corrected chi connectivity index (χ1v) is 12.2. The summed E-state index contributed by atoms with van der Waals surface area (Å²) in [5.41, 5.74) is 4.51. The van der Waals surface area contributed by atoms with Crippen molar-refractivity contribution in [1.82, 2.24) is 0 Å². The first-order chi connectivity index (χ1) is 14.3. The summed E-state index contributed by atoms with van der Waals surface area (Å²) < 4.78 is 13.8. The predicted molar refractivity (Wildman–Crippen MR) is 124 cm³/mol. The Hall–Kier alpha value is -1.52. The fourth-order valence-corrected chi connectivity index (χ4v) is 6.16. The summed E-state index contributed by atoms with van der Waals surface area (Å²) in [7, 11) is 0. The zero-order chi connectivity index (χ0) is 21.9. The van der Waals surface area contributed by atoms with E-state index in [0.717, 1.165) is 37.0 Å². The Morgan fingerprint density at radius 3 is 2.60 bits per heavy atom. The lowest BCUT2D eigenvalue weighted by molar-refractivity contribution is 0.140. The number of allylic oxidation sites excluding steroid dienone is 4. The molecule has 164 valence electrons. The average molecular weight is 431 g/mol. The monoisotopic (exact) mass is 430 g/mol. The number of hydrogen-bond donors (Lipinski definition) is 2. The van der Waals surface area contributed by atoms with Gasteiger partial charge >= 0.3 is 0 Å². The molecule has 0 fully saturated rings. The SMILES string of the molecule is CCC1=C(C2=C(O)CC(CCSc3ccccc3F)CC2O)C(C)(CC)CC(C)=C1. The van der Waals surface area contributed by atoms with Crippen molar-refractivity contribution < 1.29 is 14.6 Å². The number of rotatable bonds is 7. The zero-order valence-electron chi connectivity index (χ0n) is 18.7. The Morgan fingerprint density at radius 2 is 1.97 bits per heavy atom. The number of aliphatic hydroxyl groups excluding tert-OH is 2. The maximum absolute atomic E-state index is 13.8. The van der Waals surface area contributed by atoms with Crippen molar-refractivity contribution in [3.05, 3.63) is 64.2 Å². The molecule has 2 N–H and O–H groups in total. The van der Waals surface area contributed by atoms with Crippen LogP contribution in [0.15, 0.2) is 63.3 Å². The molecule has 3 atom stereocenters. The minimum Gasteiger partial charge on any atom is -0.512 e. The van der Waals surface area contributed by atoms with Crippen LogP contribution in [0.3, 0.4) is 0 Å². The third-order valence-corrected chi connectivity index (χ3v) is 7.83. The molecule has 30 heavy (non-hydrogen) atoms. The minimum atomic E-state index is -0.642. The first kappa shape index (κ1) is 23.1. The number of halogens is 1. The van der Waals surface area contributed by atoms with Gasteiger partial charge < -0.3 is 10.2 Å². The lowest BCUT2D eigenvalue weighted by atomic mass is 9.64. The van der Waals surface area contributed by atoms with Crippen molar-refractivity contribution in [2.75, 3.05) is 5.75 Å². The Bertz CT molecular complexity index is 870. The van der Waals surface area contributed by atoms with Gasteiger partial charge in [0.25, 0.3) is 0 Å². The van der Waals surface area contributed by atoms with Gasteiger partial charge in [-0.15, -0.1) is 11.8 Å². The molecule has 1 aromatic carbocycles. The third kappa shape index (κ3) is 4.86. The van der Waals surface area contributed by atoms with E-state index in [1.54, 1.807) is 12.1 Å². The summed E-state index contributed by atoms with van der Waals surface area (Å²) in [6, 6.07) is 6.83. The molecular weight excluding hydrogens is 395 g/mol. The van der Waals surface area contributed by atoms with Crippen molar-refractivity contribution in [2.45, 2.75) is 77.2 Å². The average Bonchev–Trinajstić information content (AvgIpc) is 2.70. The van der Waals surface area contributed by atoms with Crippen LogP contribution in [-0.2, 0) is 0 Å². The lowest BCUT2D eigenvalue weighted by Gasteiger charge is -2.41. The molecule has 0 spiro atoms. The van der Waals surface area contributed by atoms with Crippen LogP contribution in [0.2, 0.25) is 0 Å². The van der Waals surface area contributed by atoms with Crippen LogP contribution in [0, 0.1) is 17.2 Å². The van der Waals surface area contributed by atoms with E-state index in [4.69, 9.17) is 0 Å². The Kier molecular flexibility index (Phi) is 7.52. The fourth-order valence-electron chi connectivity index (χ4n) is 5.11. The summed E-state index contributed by atoms with van der Waals surface area (Å²) >= 11 is 1.51. The van der Waals surface area contributed by atoms with Crippen LogP contribution in [0.25, 0.3) is 0 Å². The van der Waals surface area contributed by atoms with E-state index in [1.807, 2.05) is 6.07 Å². The lowest BCUT2D eigenvalue weighted by Crippen LogP contribution is -2.33. The molecule has 0 radical (unpaired) electrons. The summed E-state index contributed by atoms with van der Waals surface area (Å²) in [4.78, 5) is 0.662. The van der Waals surface area contributed by atoms with Gasteiger partial charge in [-0.25, -0.2) is 4.39 Å². The predicted octanol–water partition coefficient (Wildman–Crippen LogP) is 7.36. The van der Waals surface area contributed by atoms with Gasteiger partial charge in [0.1, 0.15) is 5.82 Å². The molecule has 2 aliphatic rings. The van der Waals surface area contributed by atoms with Gasteiger partial charge in [0.15, 0.2) is 0 Å². The second kappa shape index (κ2) is 9.74. The topological polar surface area (TPSA) is 40.5 Å². The summed E-state index contributed by atoms with van der Waals surface area (Å²) in [5.74, 6) is 1.15. The maximum atomic E-state index is 13.8. The van der Waals surface area contributed by atoms with Crippen molar-refractivity contribution >= 4 is 11.8 Å². The Labute approximate surface area is 185 Å². The highest BCUT2D eigenvalue weighted by molar-refractivity contribution is 7.99. The number of benzene rings is 1. The highest BCUT2D eigenvalue weighted by Gasteiger charge is 2.40. The molecule has 0 aromatic heterocycles. The van der Waals surface area contributed by atoms with Crippen LogP contribution in [0.1, 0.15) is 66.2 Å². The third-order valence-electron chi connectivity index (χ3n) is 6.75. The summed E-state index contributed by atoms with van der Waals surface area (Å²) in [6.07, 6.45) is 6.53. The molecule has 0 amide bonds. The maximum Gasteiger partial charge on any atom is 0.136 e. The second-order valence-electron chi connectivity index (χ2n) is 9.09. The molecule has 0 bridgehead atoms. The molecule has 3 unspecified atom stereocenters. The van der Waals surface area contributed by atoms with Crippen molar-refractivity contribution in [2.24, 2.45) is 11.3 Å². The standard InChI is InChI=1S/C26H35FO2S/c1-5-19-13-17(3)16-26(4,6-2)25(19)24-21(28)14-18(15-22(24)29)11-12-30-23-10-8-7-9-20(23)27/h7-10,13,18,21,28-29H,5-6,11-12,14-16H2,1-4H3. The van der Waals surface area contributed by atoms with Gasteiger partial charge in [-0.2, -0.15) is 0 Å². The highest BCUT2D eigenvalue weighted by Crippen LogP contribution is 2.50. The molecule has 0 saturated heterocycles. The van der Waals surface area contributed by atoms with E-state index in [-0.39, 0.29) is 17.2 Å². The van der Waals surface area contributed by atoms with Crippen molar-refractivity contribution in [1.29, 1.82) is 0 Å². The van der Waals surface area contributed by atoms with Crippen molar-refractivity contribution in [3.8, 4) is 0 Å². The molecule has 2 nitrogen and oxygen atoms in total. The summed E-state index contributed by atoms with van der Waals surface area (Å²) in [5, 5.41) is 22.1. The molecule has 0 saturated carbocycles. The van der Waals surface area contributed by atoms with E-state index in [0.29, 0.717) is 23.5 Å². The van der Waals surface area contributed by atoms with Crippen molar-refractivity contribution in [3.63, 3.8) is 0 Å². The number of hydrogen-bond acceptors (Lipinski definition) is 3. The molecule has 1 aromatic rings. The van der Waals surface area contributed by atoms with Crippen LogP contribution < -0.4 is 0 Å². The van der Waals surface area contributed by atoms with Gasteiger partial charge in [0.2, 0.25) is 0 Å². The molecular formula is C26H35FO2S. The Balaban J connectivity index is 1.78. The van der Waals surface area contributed by atoms with E-state index >= 15 is 0 Å². The Morgan fingerprint density at radius 1 is 1.23 bits per heavy atom. The number of aliphatic hydroxyl groups is 2. The highest BCUT2D eigenvalue weighted by atomic mass is 32.2. The quantitative estimate of drug-likeness (QED) is 0.444. The van der Waals surface area contributed by atoms with Crippen LogP contribution in [-0.4, -0.2) is 22.1 Å². The van der Waals surface area contributed by atoms with Gasteiger partial charge in [-0.05, 0) is 79.4 Å². The zero-order valence-corrected chi connectivity index (χ0v) is 19.5. The normalized spacial score (nSPS) is 27.5. The van der Waals surface area contributed by atoms with Gasteiger partial charge in [0, 0.05) is 16.9 Å². The van der Waals surface area contributed by atoms with Gasteiger partial charge in [0.05, 0.1) is 11.9 Å². The minimum absolute atomic E-state index is 0.0536. The van der Waals surface area contributed by atoms with Gasteiger partial charge in [-0.3, -0.25) is 0 Å². The molecule has 2 aliphatic carbocycles. The van der Waals surface area contributed by atoms with Crippen LogP contribution >= 0.6 is 11.8 Å². The first-order valence-electron chi connectivity index (χ1n) is 11.2. The van der Waals surface area contributed by atoms with E-state index in [9.17, 15) is 14.6 Å². The smallest absolute Gasteiger partial charge is 0.136 e. The molecule has 0 aliphatic heterocycles. The van der Waals surface area contributed by atoms with Crippen LogP contribution in [0.4, 0.5) is 4.39 Å².